The van der Waals surface area contributed by atoms with Gasteiger partial charge in [0.25, 0.3) is 0 Å². The van der Waals surface area contributed by atoms with Crippen molar-refractivity contribution in [2.75, 3.05) is 10.5 Å². The maximum Gasteiger partial charge on any atom is 0.232 e. The van der Waals surface area contributed by atoms with Crippen LogP contribution in [0.15, 0.2) is 54.6 Å². The van der Waals surface area contributed by atoms with Crippen LogP contribution >= 0.6 is 0 Å². The molecule has 0 atom stereocenters. The molecule has 0 amide bonds. The summed E-state index contributed by atoms with van der Waals surface area (Å²) in [6.07, 6.45) is 2.53. The third-order valence-corrected chi connectivity index (χ3v) is 6.49. The van der Waals surface area contributed by atoms with Gasteiger partial charge in [-0.2, -0.15) is 0 Å². The van der Waals surface area contributed by atoms with Gasteiger partial charge in [0, 0.05) is 22.6 Å². The molecule has 1 fully saturated rings. The highest BCUT2D eigenvalue weighted by Crippen LogP contribution is 2.41. The third kappa shape index (κ3) is 4.82. The number of ether oxygens (including phenoxy) is 1. The van der Waals surface area contributed by atoms with Gasteiger partial charge in [0.15, 0.2) is 0 Å². The topological polar surface area (TPSA) is 68.3 Å². The maximum atomic E-state index is 12.0. The summed E-state index contributed by atoms with van der Waals surface area (Å²) in [5.41, 5.74) is 5.39. The number of aryl methyl sites for hydroxylation is 2. The van der Waals surface area contributed by atoms with Crippen LogP contribution < -0.4 is 9.46 Å². The first-order valence-corrected chi connectivity index (χ1v) is 11.9. The zero-order valence-electron chi connectivity index (χ0n) is 17.5. The van der Waals surface area contributed by atoms with E-state index in [-0.39, 0.29) is 5.75 Å². The Morgan fingerprint density at radius 1 is 1.00 bits per heavy atom. The molecule has 3 aromatic rings. The molecule has 0 spiro atoms. The first kappa shape index (κ1) is 20.4. The van der Waals surface area contributed by atoms with E-state index in [9.17, 15) is 8.42 Å². The average molecular weight is 423 g/mol. The zero-order valence-corrected chi connectivity index (χ0v) is 18.3. The van der Waals surface area contributed by atoms with Crippen molar-refractivity contribution in [3.05, 3.63) is 71.5 Å². The molecule has 1 aliphatic carbocycles. The molecule has 1 aromatic heterocycles. The van der Waals surface area contributed by atoms with E-state index < -0.39 is 10.0 Å². The molecule has 2 aromatic carbocycles. The Bertz CT molecular complexity index is 1150. The van der Waals surface area contributed by atoms with Crippen molar-refractivity contribution in [1.29, 1.82) is 0 Å². The van der Waals surface area contributed by atoms with Crippen LogP contribution in [0.3, 0.4) is 0 Å². The summed E-state index contributed by atoms with van der Waals surface area (Å²) in [7, 11) is -3.37. The summed E-state index contributed by atoms with van der Waals surface area (Å²) in [6, 6.07) is 17.5. The maximum absolute atomic E-state index is 12.0. The SMILES string of the molecule is CCS(=O)(=O)Nc1ccc(Oc2ccc(C3CC3)cc2)c(-c2cc(C)nc(C)c2)c1. The molecular weight excluding hydrogens is 396 g/mol. The molecule has 1 heterocycles. The van der Waals surface area contributed by atoms with Gasteiger partial charge in [0.2, 0.25) is 10.0 Å². The predicted molar refractivity (Wildman–Crippen MR) is 121 cm³/mol. The number of sulfonamides is 1. The molecular formula is C24H26N2O3S. The lowest BCUT2D eigenvalue weighted by Gasteiger charge is -2.15. The number of benzene rings is 2. The largest absolute Gasteiger partial charge is 0.457 e. The van der Waals surface area contributed by atoms with Crippen molar-refractivity contribution in [2.24, 2.45) is 0 Å². The number of pyridine rings is 1. The number of aromatic nitrogens is 1. The molecule has 5 nitrogen and oxygen atoms in total. The Morgan fingerprint density at radius 3 is 2.27 bits per heavy atom. The van der Waals surface area contributed by atoms with Gasteiger partial charge in [-0.25, -0.2) is 8.42 Å². The number of hydrogen-bond donors (Lipinski definition) is 1. The van der Waals surface area contributed by atoms with E-state index in [1.165, 1.54) is 18.4 Å². The number of hydrogen-bond acceptors (Lipinski definition) is 4. The summed E-state index contributed by atoms with van der Waals surface area (Å²) in [5.74, 6) is 2.13. The minimum atomic E-state index is -3.37. The van der Waals surface area contributed by atoms with Crippen LogP contribution in [-0.4, -0.2) is 19.2 Å². The lowest BCUT2D eigenvalue weighted by Crippen LogP contribution is -2.14. The van der Waals surface area contributed by atoms with Crippen molar-refractivity contribution >= 4 is 15.7 Å². The van der Waals surface area contributed by atoms with E-state index in [4.69, 9.17) is 4.74 Å². The number of nitrogens with one attached hydrogen (secondary N) is 1. The van der Waals surface area contributed by atoms with Crippen molar-refractivity contribution in [3.8, 4) is 22.6 Å². The summed E-state index contributed by atoms with van der Waals surface area (Å²) in [5, 5.41) is 0. The first-order valence-electron chi connectivity index (χ1n) is 10.2. The van der Waals surface area contributed by atoms with E-state index in [1.807, 2.05) is 50.2 Å². The van der Waals surface area contributed by atoms with E-state index in [1.54, 1.807) is 13.0 Å². The quantitative estimate of drug-likeness (QED) is 0.523. The molecule has 156 valence electrons. The predicted octanol–water partition coefficient (Wildman–Crippen LogP) is 5.80. The molecule has 0 bridgehead atoms. The van der Waals surface area contributed by atoms with Crippen LogP contribution in [0.2, 0.25) is 0 Å². The highest BCUT2D eigenvalue weighted by Gasteiger charge is 2.23. The van der Waals surface area contributed by atoms with E-state index in [0.29, 0.717) is 17.4 Å². The van der Waals surface area contributed by atoms with Gasteiger partial charge >= 0.3 is 0 Å². The van der Waals surface area contributed by atoms with Gasteiger partial charge in [-0.15, -0.1) is 0 Å². The van der Waals surface area contributed by atoms with Gasteiger partial charge in [-0.3, -0.25) is 9.71 Å². The highest BCUT2D eigenvalue weighted by atomic mass is 32.2. The molecule has 6 heteroatoms. The van der Waals surface area contributed by atoms with Crippen molar-refractivity contribution in [1.82, 2.24) is 4.98 Å². The monoisotopic (exact) mass is 422 g/mol. The molecule has 1 N–H and O–H groups in total. The van der Waals surface area contributed by atoms with Crippen LogP contribution in [0, 0.1) is 13.8 Å². The van der Waals surface area contributed by atoms with Crippen molar-refractivity contribution in [3.63, 3.8) is 0 Å². The Balaban J connectivity index is 1.72. The zero-order chi connectivity index (χ0) is 21.3. The fraction of sp³-hybridized carbons (Fsp3) is 0.292. The van der Waals surface area contributed by atoms with Gasteiger partial charge in [-0.05, 0) is 93.1 Å². The van der Waals surface area contributed by atoms with Gasteiger partial charge in [0.05, 0.1) is 5.75 Å². The molecule has 0 radical (unpaired) electrons. The molecule has 4 rings (SSSR count). The second-order valence-corrected chi connectivity index (χ2v) is 9.81. The summed E-state index contributed by atoms with van der Waals surface area (Å²) >= 11 is 0. The fourth-order valence-corrected chi connectivity index (χ4v) is 4.13. The molecule has 0 unspecified atom stereocenters. The van der Waals surface area contributed by atoms with Crippen LogP contribution in [0.25, 0.3) is 11.1 Å². The second kappa shape index (κ2) is 8.11. The van der Waals surface area contributed by atoms with Crippen molar-refractivity contribution in [2.45, 2.75) is 39.5 Å². The summed E-state index contributed by atoms with van der Waals surface area (Å²) in [4.78, 5) is 4.45. The number of rotatable bonds is 7. The van der Waals surface area contributed by atoms with Crippen molar-refractivity contribution < 1.29 is 13.2 Å². The Hall–Kier alpha value is -2.86. The van der Waals surface area contributed by atoms with Crippen LogP contribution in [-0.2, 0) is 10.0 Å². The van der Waals surface area contributed by atoms with E-state index >= 15 is 0 Å². The normalized spacial score (nSPS) is 13.8. The summed E-state index contributed by atoms with van der Waals surface area (Å²) in [6.45, 7) is 5.50. The lowest BCUT2D eigenvalue weighted by molar-refractivity contribution is 0.484. The minimum absolute atomic E-state index is 0.0153. The standard InChI is InChI=1S/C24H26N2O3S/c1-4-30(27,28)26-21-9-12-24(23(15-21)20-13-16(2)25-17(3)14-20)29-22-10-7-19(8-11-22)18-5-6-18/h7-15,18,26H,4-6H2,1-3H3. The fourth-order valence-electron chi connectivity index (χ4n) is 3.50. The lowest BCUT2D eigenvalue weighted by atomic mass is 10.0. The first-order chi connectivity index (χ1) is 14.3. The molecule has 1 aliphatic rings. The van der Waals surface area contributed by atoms with Crippen LogP contribution in [0.1, 0.15) is 42.6 Å². The smallest absolute Gasteiger partial charge is 0.232 e. The van der Waals surface area contributed by atoms with Gasteiger partial charge in [-0.1, -0.05) is 12.1 Å². The Labute approximate surface area is 178 Å². The average Bonchev–Trinajstić information content (AvgIpc) is 3.54. The number of anilines is 1. The summed E-state index contributed by atoms with van der Waals surface area (Å²) < 4.78 is 32.9. The van der Waals surface area contributed by atoms with E-state index in [0.717, 1.165) is 28.3 Å². The number of nitrogens with zero attached hydrogens (tertiary/aromatic N) is 1. The Morgan fingerprint density at radius 2 is 1.67 bits per heavy atom. The van der Waals surface area contributed by atoms with E-state index in [2.05, 4.69) is 21.8 Å². The van der Waals surface area contributed by atoms with Gasteiger partial charge in [0.1, 0.15) is 11.5 Å². The second-order valence-electron chi connectivity index (χ2n) is 7.80. The molecule has 1 saturated carbocycles. The molecule has 30 heavy (non-hydrogen) atoms. The minimum Gasteiger partial charge on any atom is -0.457 e. The van der Waals surface area contributed by atoms with Gasteiger partial charge < -0.3 is 4.74 Å². The molecule has 0 saturated heterocycles. The third-order valence-electron chi connectivity index (χ3n) is 5.18. The van der Waals surface area contributed by atoms with Crippen LogP contribution in [0.5, 0.6) is 11.5 Å². The van der Waals surface area contributed by atoms with Crippen LogP contribution in [0.4, 0.5) is 5.69 Å². The highest BCUT2D eigenvalue weighted by molar-refractivity contribution is 7.92. The Kier molecular flexibility index (Phi) is 5.52. The molecule has 0 aliphatic heterocycles.